The first kappa shape index (κ1) is 13.3. The molecule has 104 valence electrons. The van der Waals surface area contributed by atoms with Gasteiger partial charge in [-0.05, 0) is 38.3 Å². The minimum absolute atomic E-state index is 0.197. The predicted molar refractivity (Wildman–Crippen MR) is 83.4 cm³/mol. The summed E-state index contributed by atoms with van der Waals surface area (Å²) in [5.74, 6) is 0.197. The van der Waals surface area contributed by atoms with E-state index in [0.29, 0.717) is 12.1 Å². The van der Waals surface area contributed by atoms with Crippen molar-refractivity contribution in [3.8, 4) is 0 Å². The molecule has 0 atom stereocenters. The maximum atomic E-state index is 11.9. The lowest BCUT2D eigenvalue weighted by Gasteiger charge is -2.18. The quantitative estimate of drug-likeness (QED) is 0.835. The van der Waals surface area contributed by atoms with E-state index < -0.39 is 0 Å². The number of benzene rings is 1. The molecular weight excluding hydrogens is 268 g/mol. The Bertz CT molecular complexity index is 675. The van der Waals surface area contributed by atoms with Crippen LogP contribution in [0.25, 0.3) is 0 Å². The molecule has 3 rings (SSSR count). The highest BCUT2D eigenvalue weighted by Gasteiger charge is 2.24. The molecule has 1 aliphatic carbocycles. The molecule has 1 aromatic heterocycles. The van der Waals surface area contributed by atoms with E-state index in [0.717, 1.165) is 28.5 Å². The maximum absolute atomic E-state index is 11.9. The number of ketones is 1. The average Bonchev–Trinajstić information content (AvgIpc) is 2.83. The molecule has 0 radical (unpaired) electrons. The van der Waals surface area contributed by atoms with Gasteiger partial charge in [-0.2, -0.15) is 0 Å². The van der Waals surface area contributed by atoms with Crippen molar-refractivity contribution in [3.05, 3.63) is 39.9 Å². The first-order valence-electron chi connectivity index (χ1n) is 6.90. The smallest absolute Gasteiger partial charge is 0.190 e. The third-order valence-corrected chi connectivity index (χ3v) is 4.95. The standard InChI is InChI=1S/C16H18N2OS/c1-10-7-8-12(11(2)9-10)18(3)16-17-15-13(19)5-4-6-14(15)20-16/h7-9H,4-6H2,1-3H3. The number of carbonyl (C=O) groups is 1. The van der Waals surface area contributed by atoms with Crippen LogP contribution >= 0.6 is 11.3 Å². The van der Waals surface area contributed by atoms with Gasteiger partial charge in [-0.1, -0.05) is 17.7 Å². The summed E-state index contributed by atoms with van der Waals surface area (Å²) in [5, 5.41) is 0.914. The fraction of sp³-hybridized carbons (Fsp3) is 0.375. The van der Waals surface area contributed by atoms with Gasteiger partial charge in [0.15, 0.2) is 10.9 Å². The fourth-order valence-electron chi connectivity index (χ4n) is 2.68. The minimum Gasteiger partial charge on any atom is -0.321 e. The Morgan fingerprint density at radius 3 is 2.75 bits per heavy atom. The number of hydrogen-bond donors (Lipinski definition) is 0. The summed E-state index contributed by atoms with van der Waals surface area (Å²) in [6.45, 7) is 4.20. The van der Waals surface area contributed by atoms with E-state index in [2.05, 4.69) is 41.9 Å². The van der Waals surface area contributed by atoms with E-state index in [-0.39, 0.29) is 5.78 Å². The third kappa shape index (κ3) is 2.24. The summed E-state index contributed by atoms with van der Waals surface area (Å²) in [7, 11) is 2.02. The van der Waals surface area contributed by atoms with Gasteiger partial charge >= 0.3 is 0 Å². The molecule has 4 heteroatoms. The van der Waals surface area contributed by atoms with E-state index in [4.69, 9.17) is 0 Å². The molecule has 3 nitrogen and oxygen atoms in total. The Morgan fingerprint density at radius 1 is 1.25 bits per heavy atom. The highest BCUT2D eigenvalue weighted by Crippen LogP contribution is 2.35. The molecule has 0 bridgehead atoms. The summed E-state index contributed by atoms with van der Waals surface area (Å²) in [6, 6.07) is 6.40. The number of thiazole rings is 1. The number of nitrogens with zero attached hydrogens (tertiary/aromatic N) is 2. The van der Waals surface area contributed by atoms with Gasteiger partial charge in [-0.3, -0.25) is 4.79 Å². The van der Waals surface area contributed by atoms with Crippen LogP contribution in [0, 0.1) is 13.8 Å². The van der Waals surface area contributed by atoms with Crippen molar-refractivity contribution in [2.45, 2.75) is 33.1 Å². The largest absolute Gasteiger partial charge is 0.321 e. The van der Waals surface area contributed by atoms with Crippen LogP contribution in [0.2, 0.25) is 0 Å². The SMILES string of the molecule is Cc1ccc(N(C)c2nc3c(s2)CCCC3=O)c(C)c1. The Labute approximate surface area is 123 Å². The van der Waals surface area contributed by atoms with Gasteiger partial charge in [-0.25, -0.2) is 4.98 Å². The Hall–Kier alpha value is -1.68. The van der Waals surface area contributed by atoms with Gasteiger partial charge in [0.1, 0.15) is 5.69 Å². The molecule has 20 heavy (non-hydrogen) atoms. The van der Waals surface area contributed by atoms with Crippen LogP contribution in [0.5, 0.6) is 0 Å². The molecule has 0 N–H and O–H groups in total. The summed E-state index contributed by atoms with van der Waals surface area (Å²) >= 11 is 1.65. The van der Waals surface area contributed by atoms with E-state index >= 15 is 0 Å². The van der Waals surface area contributed by atoms with Crippen LogP contribution in [-0.2, 0) is 6.42 Å². The molecule has 0 saturated carbocycles. The van der Waals surface area contributed by atoms with Crippen molar-refractivity contribution in [1.82, 2.24) is 4.98 Å². The topological polar surface area (TPSA) is 33.2 Å². The van der Waals surface area contributed by atoms with Gasteiger partial charge in [0.25, 0.3) is 0 Å². The van der Waals surface area contributed by atoms with Crippen LogP contribution in [0.1, 0.15) is 39.3 Å². The highest BCUT2D eigenvalue weighted by atomic mass is 32.1. The van der Waals surface area contributed by atoms with Crippen molar-refractivity contribution in [3.63, 3.8) is 0 Å². The van der Waals surface area contributed by atoms with Gasteiger partial charge in [0.2, 0.25) is 0 Å². The molecule has 0 fully saturated rings. The van der Waals surface area contributed by atoms with Crippen molar-refractivity contribution in [2.24, 2.45) is 0 Å². The normalized spacial score (nSPS) is 14.2. The van der Waals surface area contributed by atoms with E-state index in [1.807, 2.05) is 7.05 Å². The first-order chi connectivity index (χ1) is 9.56. The van der Waals surface area contributed by atoms with E-state index in [9.17, 15) is 4.79 Å². The molecule has 0 amide bonds. The summed E-state index contributed by atoms with van der Waals surface area (Å²) < 4.78 is 0. The number of fused-ring (bicyclic) bond motifs is 1. The minimum atomic E-state index is 0.197. The molecule has 0 saturated heterocycles. The summed E-state index contributed by atoms with van der Waals surface area (Å²) in [5.41, 5.74) is 4.34. The zero-order valence-electron chi connectivity index (χ0n) is 12.1. The van der Waals surface area contributed by atoms with Crippen LogP contribution in [0.15, 0.2) is 18.2 Å². The van der Waals surface area contributed by atoms with Crippen LogP contribution < -0.4 is 4.90 Å². The maximum Gasteiger partial charge on any atom is 0.190 e. The zero-order valence-corrected chi connectivity index (χ0v) is 12.9. The number of anilines is 2. The number of hydrogen-bond acceptors (Lipinski definition) is 4. The zero-order chi connectivity index (χ0) is 14.3. The molecule has 2 aromatic rings. The van der Waals surface area contributed by atoms with E-state index in [1.54, 1.807) is 11.3 Å². The van der Waals surface area contributed by atoms with E-state index in [1.165, 1.54) is 11.1 Å². The lowest BCUT2D eigenvalue weighted by atomic mass is 10.0. The average molecular weight is 286 g/mol. The fourth-order valence-corrected chi connectivity index (χ4v) is 3.78. The number of carbonyl (C=O) groups excluding carboxylic acids is 1. The van der Waals surface area contributed by atoms with Gasteiger partial charge < -0.3 is 4.90 Å². The molecule has 0 unspecified atom stereocenters. The van der Waals surface area contributed by atoms with Crippen molar-refractivity contribution >= 4 is 27.9 Å². The second-order valence-electron chi connectivity index (χ2n) is 5.39. The lowest BCUT2D eigenvalue weighted by molar-refractivity contribution is 0.0968. The second kappa shape index (κ2) is 5.02. The van der Waals surface area contributed by atoms with Gasteiger partial charge in [0.05, 0.1) is 0 Å². The predicted octanol–water partition coefficient (Wildman–Crippen LogP) is 4.05. The number of rotatable bonds is 2. The van der Waals surface area contributed by atoms with Crippen LogP contribution in [0.4, 0.5) is 10.8 Å². The number of Topliss-reactive ketones (excluding diaryl/α,β-unsaturated/α-hetero) is 1. The van der Waals surface area contributed by atoms with Crippen molar-refractivity contribution in [1.29, 1.82) is 0 Å². The monoisotopic (exact) mass is 286 g/mol. The Kier molecular flexibility index (Phi) is 3.34. The van der Waals surface area contributed by atoms with Crippen LogP contribution in [-0.4, -0.2) is 17.8 Å². The van der Waals surface area contributed by atoms with Crippen molar-refractivity contribution < 1.29 is 4.79 Å². The molecule has 1 heterocycles. The Morgan fingerprint density at radius 2 is 2.05 bits per heavy atom. The highest BCUT2D eigenvalue weighted by molar-refractivity contribution is 7.16. The van der Waals surface area contributed by atoms with Crippen LogP contribution in [0.3, 0.4) is 0 Å². The molecular formula is C16H18N2OS. The summed E-state index contributed by atoms with van der Waals surface area (Å²) in [6.07, 6.45) is 2.59. The Balaban J connectivity index is 1.98. The molecule has 1 aromatic carbocycles. The molecule has 0 aliphatic heterocycles. The molecule has 1 aliphatic rings. The van der Waals surface area contributed by atoms with Gasteiger partial charge in [-0.15, -0.1) is 11.3 Å². The second-order valence-corrected chi connectivity index (χ2v) is 6.46. The number of aromatic nitrogens is 1. The first-order valence-corrected chi connectivity index (χ1v) is 7.72. The van der Waals surface area contributed by atoms with Gasteiger partial charge in [0, 0.05) is 24.0 Å². The van der Waals surface area contributed by atoms with Crippen molar-refractivity contribution in [2.75, 3.05) is 11.9 Å². The third-order valence-electron chi connectivity index (χ3n) is 3.76. The number of aryl methyl sites for hydroxylation is 3. The molecule has 0 spiro atoms. The lowest BCUT2D eigenvalue weighted by Crippen LogP contribution is -2.12. The summed E-state index contributed by atoms with van der Waals surface area (Å²) in [4.78, 5) is 19.7.